The number of urea groups is 1. The number of nitrogens with one attached hydrogen (secondary N) is 2. The molecule has 3 N–H and O–H groups in total. The highest BCUT2D eigenvalue weighted by atomic mass is 16.5. The average Bonchev–Trinajstić information content (AvgIpc) is 2.87. The van der Waals surface area contributed by atoms with Crippen molar-refractivity contribution in [3.63, 3.8) is 0 Å². The van der Waals surface area contributed by atoms with E-state index in [0.29, 0.717) is 13.0 Å². The monoisotopic (exact) mass is 287 g/mol. The summed E-state index contributed by atoms with van der Waals surface area (Å²) in [6, 6.07) is -0.566. The first-order valence-corrected chi connectivity index (χ1v) is 6.54. The van der Waals surface area contributed by atoms with E-state index in [1.54, 1.807) is 0 Å². The summed E-state index contributed by atoms with van der Waals surface area (Å²) in [5.74, 6) is -1.43. The Morgan fingerprint density at radius 2 is 2.10 bits per heavy atom. The molecule has 1 saturated heterocycles. The van der Waals surface area contributed by atoms with E-state index in [4.69, 9.17) is 4.74 Å². The molecular formula is C12H21N3O5. The molecule has 1 aliphatic heterocycles. The Labute approximate surface area is 117 Å². The number of carboxylic acid groups (broad SMARTS) is 1. The normalized spacial score (nSPS) is 21.3. The maximum atomic E-state index is 12.2. The number of carbonyl (C=O) groups excluding carboxylic acids is 2. The first-order valence-electron chi connectivity index (χ1n) is 6.54. The molecule has 0 spiro atoms. The Bertz CT molecular complexity index is 379. The van der Waals surface area contributed by atoms with Crippen LogP contribution >= 0.6 is 0 Å². The van der Waals surface area contributed by atoms with Crippen LogP contribution < -0.4 is 10.6 Å². The molecule has 3 amide bonds. The first kappa shape index (κ1) is 16.2. The van der Waals surface area contributed by atoms with Crippen LogP contribution in [0, 0.1) is 0 Å². The van der Waals surface area contributed by atoms with Gasteiger partial charge in [0.05, 0.1) is 6.61 Å². The molecule has 1 fully saturated rings. The van der Waals surface area contributed by atoms with Gasteiger partial charge in [-0.1, -0.05) is 6.92 Å². The van der Waals surface area contributed by atoms with Gasteiger partial charge in [0, 0.05) is 26.6 Å². The number of ether oxygens (including phenoxy) is 1. The van der Waals surface area contributed by atoms with Gasteiger partial charge in [0.15, 0.2) is 5.54 Å². The van der Waals surface area contributed by atoms with Gasteiger partial charge >= 0.3 is 12.0 Å². The van der Waals surface area contributed by atoms with Crippen LogP contribution in [0.2, 0.25) is 0 Å². The van der Waals surface area contributed by atoms with Crippen molar-refractivity contribution in [2.75, 3.05) is 33.4 Å². The molecule has 0 bridgehead atoms. The maximum absolute atomic E-state index is 12.2. The van der Waals surface area contributed by atoms with Gasteiger partial charge in [0.25, 0.3) is 0 Å². The molecule has 1 heterocycles. The highest BCUT2D eigenvalue weighted by Gasteiger charge is 2.44. The Morgan fingerprint density at radius 3 is 2.55 bits per heavy atom. The number of likely N-dealkylation sites (N-methyl/N-ethyl adjacent to an activating group) is 1. The number of hydrogen-bond acceptors (Lipinski definition) is 4. The van der Waals surface area contributed by atoms with Crippen LogP contribution in [0.25, 0.3) is 0 Å². The molecule has 0 saturated carbocycles. The lowest BCUT2D eigenvalue weighted by molar-refractivity contribution is -0.144. The highest BCUT2D eigenvalue weighted by Crippen LogP contribution is 2.19. The van der Waals surface area contributed by atoms with Crippen LogP contribution in [0.3, 0.4) is 0 Å². The smallest absolute Gasteiger partial charge is 0.332 e. The standard InChI is InChI=1S/C12H21N3O5/c1-3-5-15(7-9(16)13-2)11(19)14-12(10(17)18)4-6-20-8-12/h3-8H2,1-2H3,(H,13,16)(H,14,19)(H,17,18). The Hall–Kier alpha value is -1.83. The Kier molecular flexibility index (Phi) is 5.75. The molecule has 1 unspecified atom stereocenters. The van der Waals surface area contributed by atoms with Crippen molar-refractivity contribution in [3.05, 3.63) is 0 Å². The summed E-state index contributed by atoms with van der Waals surface area (Å²) >= 11 is 0. The summed E-state index contributed by atoms with van der Waals surface area (Å²) < 4.78 is 5.07. The zero-order chi connectivity index (χ0) is 15.2. The summed E-state index contributed by atoms with van der Waals surface area (Å²) in [4.78, 5) is 36.2. The fourth-order valence-corrected chi connectivity index (χ4v) is 1.94. The van der Waals surface area contributed by atoms with Crippen LogP contribution in [0.15, 0.2) is 0 Å². The Morgan fingerprint density at radius 1 is 1.40 bits per heavy atom. The second-order valence-corrected chi connectivity index (χ2v) is 4.71. The molecule has 8 heteroatoms. The van der Waals surface area contributed by atoms with Crippen molar-refractivity contribution >= 4 is 17.9 Å². The third-order valence-electron chi connectivity index (χ3n) is 3.17. The number of carboxylic acids is 1. The van der Waals surface area contributed by atoms with Gasteiger partial charge in [-0.15, -0.1) is 0 Å². The molecule has 0 aromatic carbocycles. The minimum absolute atomic E-state index is 0.0615. The van der Waals surface area contributed by atoms with Crippen LogP contribution in [0.4, 0.5) is 4.79 Å². The minimum atomic E-state index is -1.40. The van der Waals surface area contributed by atoms with E-state index in [-0.39, 0.29) is 32.1 Å². The fourth-order valence-electron chi connectivity index (χ4n) is 1.94. The van der Waals surface area contributed by atoms with Crippen molar-refractivity contribution < 1.29 is 24.2 Å². The molecule has 0 aromatic rings. The quantitative estimate of drug-likeness (QED) is 0.604. The second kappa shape index (κ2) is 7.09. The minimum Gasteiger partial charge on any atom is -0.479 e. The Balaban J connectivity index is 2.73. The number of hydrogen-bond donors (Lipinski definition) is 3. The lowest BCUT2D eigenvalue weighted by atomic mass is 9.99. The van der Waals surface area contributed by atoms with E-state index in [0.717, 1.165) is 0 Å². The average molecular weight is 287 g/mol. The van der Waals surface area contributed by atoms with E-state index < -0.39 is 17.5 Å². The predicted octanol–water partition coefficient (Wildman–Crippen LogP) is -0.602. The molecule has 1 rings (SSSR count). The lowest BCUT2D eigenvalue weighted by Crippen LogP contribution is -2.59. The van der Waals surface area contributed by atoms with Crippen LogP contribution in [-0.2, 0) is 14.3 Å². The third kappa shape index (κ3) is 3.83. The second-order valence-electron chi connectivity index (χ2n) is 4.71. The molecular weight excluding hydrogens is 266 g/mol. The maximum Gasteiger partial charge on any atom is 0.332 e. The van der Waals surface area contributed by atoms with Gasteiger partial charge in [-0.2, -0.15) is 0 Å². The number of nitrogens with zero attached hydrogens (tertiary/aromatic N) is 1. The molecule has 1 atom stereocenters. The summed E-state index contributed by atoms with van der Waals surface area (Å²) in [5, 5.41) is 14.2. The van der Waals surface area contributed by atoms with Crippen molar-refractivity contribution in [1.82, 2.24) is 15.5 Å². The molecule has 0 aromatic heterocycles. The molecule has 1 aliphatic rings. The van der Waals surface area contributed by atoms with Gasteiger partial charge in [0.1, 0.15) is 6.54 Å². The van der Waals surface area contributed by atoms with E-state index in [1.807, 2.05) is 6.92 Å². The van der Waals surface area contributed by atoms with Gasteiger partial charge in [-0.25, -0.2) is 9.59 Å². The van der Waals surface area contributed by atoms with E-state index in [9.17, 15) is 19.5 Å². The first-order chi connectivity index (χ1) is 9.45. The van der Waals surface area contributed by atoms with Crippen LogP contribution in [0.1, 0.15) is 19.8 Å². The van der Waals surface area contributed by atoms with Crippen LogP contribution in [0.5, 0.6) is 0 Å². The largest absolute Gasteiger partial charge is 0.479 e. The van der Waals surface area contributed by atoms with Crippen molar-refractivity contribution in [2.24, 2.45) is 0 Å². The van der Waals surface area contributed by atoms with Crippen LogP contribution in [-0.4, -0.2) is 66.8 Å². The van der Waals surface area contributed by atoms with Gasteiger partial charge < -0.3 is 25.4 Å². The lowest BCUT2D eigenvalue weighted by Gasteiger charge is -2.29. The molecule has 8 nitrogen and oxygen atoms in total. The molecule has 0 radical (unpaired) electrons. The van der Waals surface area contributed by atoms with Gasteiger partial charge in [-0.05, 0) is 6.42 Å². The van der Waals surface area contributed by atoms with Crippen molar-refractivity contribution in [1.29, 1.82) is 0 Å². The predicted molar refractivity (Wildman–Crippen MR) is 70.3 cm³/mol. The number of amides is 3. The zero-order valence-corrected chi connectivity index (χ0v) is 11.8. The molecule has 0 aliphatic carbocycles. The number of carbonyl (C=O) groups is 3. The van der Waals surface area contributed by atoms with E-state index in [1.165, 1.54) is 11.9 Å². The number of rotatable bonds is 6. The van der Waals surface area contributed by atoms with Crippen molar-refractivity contribution in [3.8, 4) is 0 Å². The molecule has 20 heavy (non-hydrogen) atoms. The van der Waals surface area contributed by atoms with E-state index in [2.05, 4.69) is 10.6 Å². The summed E-state index contributed by atoms with van der Waals surface area (Å²) in [6.45, 7) is 2.36. The fraction of sp³-hybridized carbons (Fsp3) is 0.750. The highest BCUT2D eigenvalue weighted by molar-refractivity contribution is 5.89. The summed E-state index contributed by atoms with van der Waals surface area (Å²) in [7, 11) is 1.48. The summed E-state index contributed by atoms with van der Waals surface area (Å²) in [5.41, 5.74) is -1.40. The van der Waals surface area contributed by atoms with E-state index >= 15 is 0 Å². The topological polar surface area (TPSA) is 108 Å². The zero-order valence-electron chi connectivity index (χ0n) is 11.8. The molecule has 114 valence electrons. The SMILES string of the molecule is CCCN(CC(=O)NC)C(=O)NC1(C(=O)O)CCOC1. The third-order valence-corrected chi connectivity index (χ3v) is 3.17. The summed E-state index contributed by atoms with van der Waals surface area (Å²) in [6.07, 6.45) is 0.884. The van der Waals surface area contributed by atoms with Gasteiger partial charge in [0.2, 0.25) is 5.91 Å². The van der Waals surface area contributed by atoms with Crippen molar-refractivity contribution in [2.45, 2.75) is 25.3 Å². The van der Waals surface area contributed by atoms with Gasteiger partial charge in [-0.3, -0.25) is 4.79 Å². The number of aliphatic carboxylic acids is 1.